The van der Waals surface area contributed by atoms with Gasteiger partial charge in [0.2, 0.25) is 0 Å². The van der Waals surface area contributed by atoms with Gasteiger partial charge in [-0.15, -0.1) is 0 Å². The maximum absolute atomic E-state index is 12.3. The number of hydrogen-bond donors (Lipinski definition) is 1. The Balaban J connectivity index is 1.85. The van der Waals surface area contributed by atoms with Crippen LogP contribution in [-0.2, 0) is 4.84 Å². The van der Waals surface area contributed by atoms with E-state index >= 15 is 0 Å². The van der Waals surface area contributed by atoms with Crippen LogP contribution in [0, 0.1) is 0 Å². The Morgan fingerprint density at radius 2 is 1.96 bits per heavy atom. The fraction of sp³-hybridized carbons (Fsp3) is 0.167. The third-order valence-electron chi connectivity index (χ3n) is 3.79. The average Bonchev–Trinajstić information content (AvgIpc) is 3.06. The normalized spacial score (nSPS) is 10.7. The lowest BCUT2D eigenvalue weighted by Gasteiger charge is -2.17. The van der Waals surface area contributed by atoms with Gasteiger partial charge in [-0.05, 0) is 37.3 Å². The molecule has 8 heteroatoms. The predicted molar refractivity (Wildman–Crippen MR) is 93.4 cm³/mol. The molecule has 1 N–H and O–H groups in total. The van der Waals surface area contributed by atoms with Gasteiger partial charge in [0, 0.05) is 30.4 Å². The minimum absolute atomic E-state index is 0.198. The molecule has 3 aromatic rings. The quantitative estimate of drug-likeness (QED) is 0.705. The van der Waals surface area contributed by atoms with Crippen LogP contribution in [0.25, 0.3) is 10.9 Å². The summed E-state index contributed by atoms with van der Waals surface area (Å²) in [7, 11) is 1.42. The van der Waals surface area contributed by atoms with Gasteiger partial charge in [-0.25, -0.2) is 9.86 Å². The van der Waals surface area contributed by atoms with E-state index in [0.29, 0.717) is 23.6 Å². The summed E-state index contributed by atoms with van der Waals surface area (Å²) in [4.78, 5) is 32.5. The van der Waals surface area contributed by atoms with E-state index in [1.54, 1.807) is 37.3 Å². The Morgan fingerprint density at radius 1 is 1.19 bits per heavy atom. The summed E-state index contributed by atoms with van der Waals surface area (Å²) in [5.41, 5.74) is 0.762. The lowest BCUT2D eigenvalue weighted by molar-refractivity contribution is -0.0918. The van der Waals surface area contributed by atoms with Gasteiger partial charge >= 0.3 is 6.09 Å². The number of carbonyl (C=O) groups is 2. The zero-order valence-corrected chi connectivity index (χ0v) is 14.2. The first-order valence-corrected chi connectivity index (χ1v) is 7.87. The van der Waals surface area contributed by atoms with Crippen molar-refractivity contribution in [2.24, 2.45) is 0 Å². The first kappa shape index (κ1) is 17.4. The number of fused-ring (bicyclic) bond motifs is 1. The van der Waals surface area contributed by atoms with E-state index in [9.17, 15) is 9.59 Å². The average molecular weight is 355 g/mol. The van der Waals surface area contributed by atoms with Crippen molar-refractivity contribution < 1.29 is 24.3 Å². The van der Waals surface area contributed by atoms with Gasteiger partial charge in [-0.3, -0.25) is 19.2 Å². The van der Waals surface area contributed by atoms with Crippen LogP contribution in [-0.4, -0.2) is 45.4 Å². The summed E-state index contributed by atoms with van der Waals surface area (Å²) < 4.78 is 6.92. The van der Waals surface area contributed by atoms with Crippen molar-refractivity contribution in [2.75, 3.05) is 13.7 Å². The minimum atomic E-state index is -1.05. The fourth-order valence-corrected chi connectivity index (χ4v) is 2.56. The summed E-state index contributed by atoms with van der Waals surface area (Å²) in [5, 5.41) is 11.0. The van der Waals surface area contributed by atoms with E-state index in [-0.39, 0.29) is 11.6 Å². The van der Waals surface area contributed by atoms with Gasteiger partial charge in [-0.1, -0.05) is 0 Å². The maximum atomic E-state index is 12.3. The number of hydrogen-bond acceptors (Lipinski definition) is 5. The number of amides is 1. The van der Waals surface area contributed by atoms with Crippen molar-refractivity contribution in [1.29, 1.82) is 0 Å². The summed E-state index contributed by atoms with van der Waals surface area (Å²) in [5.74, 6) is 0.589. The van der Waals surface area contributed by atoms with Crippen LogP contribution in [0.4, 0.5) is 4.79 Å². The van der Waals surface area contributed by atoms with Crippen LogP contribution in [0.15, 0.2) is 48.8 Å². The SMILES string of the molecule is CCN(OC)C(=O)c1cc(Oc2ccc3c(ccn3C(=O)O)c2)ccn1. The summed E-state index contributed by atoms with van der Waals surface area (Å²) >= 11 is 0. The number of aromatic nitrogens is 2. The molecule has 0 aliphatic heterocycles. The molecular formula is C18H17N3O5. The van der Waals surface area contributed by atoms with Crippen molar-refractivity contribution in [2.45, 2.75) is 6.92 Å². The molecule has 0 unspecified atom stereocenters. The Labute approximate surface area is 149 Å². The second kappa shape index (κ2) is 7.24. The fourth-order valence-electron chi connectivity index (χ4n) is 2.56. The Bertz CT molecular complexity index is 962. The molecule has 0 radical (unpaired) electrons. The highest BCUT2D eigenvalue weighted by molar-refractivity contribution is 5.92. The molecule has 26 heavy (non-hydrogen) atoms. The Hall–Kier alpha value is -3.39. The number of nitrogens with zero attached hydrogens (tertiary/aromatic N) is 3. The Kier molecular flexibility index (Phi) is 4.85. The number of pyridine rings is 1. The van der Waals surface area contributed by atoms with E-state index in [2.05, 4.69) is 4.98 Å². The van der Waals surface area contributed by atoms with Crippen molar-refractivity contribution in [3.8, 4) is 11.5 Å². The van der Waals surface area contributed by atoms with Gasteiger partial charge in [0.1, 0.15) is 17.2 Å². The standard InChI is InChI=1S/C18H17N3O5/c1-3-21(25-2)17(22)15-11-14(6-8-19-15)26-13-4-5-16-12(10-13)7-9-20(16)18(23)24/h4-11H,3H2,1-2H3,(H,23,24). The van der Waals surface area contributed by atoms with Crippen molar-refractivity contribution >= 4 is 22.9 Å². The number of carbonyl (C=O) groups excluding carboxylic acids is 1. The molecule has 2 heterocycles. The third kappa shape index (κ3) is 3.35. The van der Waals surface area contributed by atoms with Crippen LogP contribution in [0.5, 0.6) is 11.5 Å². The smallest absolute Gasteiger partial charge is 0.415 e. The van der Waals surface area contributed by atoms with Crippen molar-refractivity contribution in [3.05, 3.63) is 54.5 Å². The zero-order valence-electron chi connectivity index (χ0n) is 14.2. The predicted octanol–water partition coefficient (Wildman–Crippen LogP) is 3.38. The van der Waals surface area contributed by atoms with Gasteiger partial charge in [0.15, 0.2) is 0 Å². The van der Waals surface area contributed by atoms with Crippen LogP contribution >= 0.6 is 0 Å². The van der Waals surface area contributed by atoms with Crippen molar-refractivity contribution in [3.63, 3.8) is 0 Å². The van der Waals surface area contributed by atoms with E-state index in [1.165, 1.54) is 30.6 Å². The first-order chi connectivity index (χ1) is 12.5. The summed E-state index contributed by atoms with van der Waals surface area (Å²) in [6, 6.07) is 9.90. The van der Waals surface area contributed by atoms with Crippen LogP contribution in [0.3, 0.4) is 0 Å². The highest BCUT2D eigenvalue weighted by atomic mass is 16.7. The van der Waals surface area contributed by atoms with E-state index in [4.69, 9.17) is 14.7 Å². The highest BCUT2D eigenvalue weighted by Gasteiger charge is 2.16. The van der Waals surface area contributed by atoms with Crippen LogP contribution in [0.2, 0.25) is 0 Å². The number of ether oxygens (including phenoxy) is 1. The molecule has 0 fully saturated rings. The molecule has 0 spiro atoms. The summed E-state index contributed by atoms with van der Waals surface area (Å²) in [6.45, 7) is 2.18. The van der Waals surface area contributed by atoms with Gasteiger partial charge in [0.25, 0.3) is 5.91 Å². The second-order valence-corrected chi connectivity index (χ2v) is 5.35. The van der Waals surface area contributed by atoms with E-state index in [0.717, 1.165) is 9.95 Å². The molecule has 8 nitrogen and oxygen atoms in total. The molecule has 0 aliphatic carbocycles. The first-order valence-electron chi connectivity index (χ1n) is 7.87. The monoisotopic (exact) mass is 355 g/mol. The van der Waals surface area contributed by atoms with Crippen LogP contribution in [0.1, 0.15) is 17.4 Å². The molecule has 0 saturated heterocycles. The topological polar surface area (TPSA) is 93.9 Å². The molecule has 3 rings (SSSR count). The maximum Gasteiger partial charge on any atom is 0.415 e. The Morgan fingerprint density at radius 3 is 2.65 bits per heavy atom. The van der Waals surface area contributed by atoms with Gasteiger partial charge < -0.3 is 9.84 Å². The molecule has 134 valence electrons. The molecule has 2 aromatic heterocycles. The minimum Gasteiger partial charge on any atom is -0.464 e. The van der Waals surface area contributed by atoms with E-state index in [1.807, 2.05) is 0 Å². The van der Waals surface area contributed by atoms with Crippen LogP contribution < -0.4 is 4.74 Å². The number of benzene rings is 1. The van der Waals surface area contributed by atoms with Gasteiger partial charge in [-0.2, -0.15) is 0 Å². The molecule has 1 aromatic carbocycles. The third-order valence-corrected chi connectivity index (χ3v) is 3.79. The molecule has 1 amide bonds. The highest BCUT2D eigenvalue weighted by Crippen LogP contribution is 2.26. The van der Waals surface area contributed by atoms with E-state index < -0.39 is 6.09 Å². The largest absolute Gasteiger partial charge is 0.464 e. The molecule has 0 atom stereocenters. The molecule has 0 aliphatic rings. The van der Waals surface area contributed by atoms with Gasteiger partial charge in [0.05, 0.1) is 12.6 Å². The zero-order chi connectivity index (χ0) is 18.7. The molecule has 0 saturated carbocycles. The van der Waals surface area contributed by atoms with Crippen molar-refractivity contribution in [1.82, 2.24) is 14.6 Å². The summed E-state index contributed by atoms with van der Waals surface area (Å²) in [6.07, 6.45) is 1.90. The molecule has 0 bridgehead atoms. The second-order valence-electron chi connectivity index (χ2n) is 5.35. The lowest BCUT2D eigenvalue weighted by Crippen LogP contribution is -2.30. The molecular weight excluding hydrogens is 338 g/mol. The number of rotatable bonds is 5. The lowest BCUT2D eigenvalue weighted by atomic mass is 10.2. The number of carboxylic acid groups (broad SMARTS) is 1. The number of hydroxylamine groups is 2.